The van der Waals surface area contributed by atoms with Gasteiger partial charge in [0.25, 0.3) is 11.8 Å². The molecule has 2 amide bonds. The molecule has 0 spiro atoms. The summed E-state index contributed by atoms with van der Waals surface area (Å²) in [6, 6.07) is 9.75. The number of benzene rings is 1. The van der Waals surface area contributed by atoms with Crippen molar-refractivity contribution < 1.29 is 19.2 Å². The van der Waals surface area contributed by atoms with Gasteiger partial charge in [0.05, 0.1) is 5.92 Å². The number of nitrogens with zero attached hydrogens (tertiary/aromatic N) is 1. The molecule has 5 nitrogen and oxygen atoms in total. The maximum Gasteiger partial charge on any atom is 0.337 e. The van der Waals surface area contributed by atoms with Gasteiger partial charge in [0.2, 0.25) is 0 Å². The Morgan fingerprint density at radius 3 is 2.33 bits per heavy atom. The van der Waals surface area contributed by atoms with Crippen LogP contribution in [0.1, 0.15) is 32.3 Å². The van der Waals surface area contributed by atoms with Gasteiger partial charge in [-0.15, -0.1) is 5.06 Å². The molecule has 0 N–H and O–H groups in total. The van der Waals surface area contributed by atoms with Crippen molar-refractivity contribution in [2.75, 3.05) is 0 Å². The second kappa shape index (κ2) is 4.69. The standard InChI is InChI=1S/C16H17NO4/c1-10-14(16(10,2)11-6-4-3-5-7-11)15(20)21-17-12(18)8-9-13(17)19/h3-7,10,14H,8-9H2,1-2H3/t10-,14-,16-/m0/s1. The van der Waals surface area contributed by atoms with Crippen LogP contribution in [0.25, 0.3) is 0 Å². The quantitative estimate of drug-likeness (QED) is 0.795. The highest BCUT2D eigenvalue weighted by Crippen LogP contribution is 2.60. The first kappa shape index (κ1) is 13.8. The van der Waals surface area contributed by atoms with Gasteiger partial charge >= 0.3 is 5.97 Å². The molecule has 0 bridgehead atoms. The van der Waals surface area contributed by atoms with Crippen LogP contribution in [-0.4, -0.2) is 22.8 Å². The molecule has 21 heavy (non-hydrogen) atoms. The Bertz CT molecular complexity index is 596. The molecule has 0 aromatic heterocycles. The maximum absolute atomic E-state index is 12.3. The maximum atomic E-state index is 12.3. The number of hydrogen-bond acceptors (Lipinski definition) is 4. The Labute approximate surface area is 122 Å². The molecule has 0 unspecified atom stereocenters. The third-order valence-electron chi connectivity index (χ3n) is 4.82. The van der Waals surface area contributed by atoms with Crippen molar-refractivity contribution in [3.05, 3.63) is 35.9 Å². The molecule has 1 aromatic carbocycles. The van der Waals surface area contributed by atoms with Crippen molar-refractivity contribution in [1.82, 2.24) is 5.06 Å². The first-order valence-electron chi connectivity index (χ1n) is 7.09. The van der Waals surface area contributed by atoms with Crippen molar-refractivity contribution in [2.24, 2.45) is 11.8 Å². The minimum atomic E-state index is -0.502. The lowest BCUT2D eigenvalue weighted by Crippen LogP contribution is -2.33. The lowest BCUT2D eigenvalue weighted by molar-refractivity contribution is -0.199. The number of carbonyl (C=O) groups is 3. The summed E-state index contributed by atoms with van der Waals surface area (Å²) >= 11 is 0. The molecule has 1 heterocycles. The summed E-state index contributed by atoms with van der Waals surface area (Å²) in [5, 5.41) is 0.624. The van der Waals surface area contributed by atoms with E-state index in [1.54, 1.807) is 0 Å². The third kappa shape index (κ3) is 2.04. The van der Waals surface area contributed by atoms with E-state index >= 15 is 0 Å². The summed E-state index contributed by atoms with van der Waals surface area (Å²) in [4.78, 5) is 40.3. The summed E-state index contributed by atoms with van der Waals surface area (Å²) in [6.07, 6.45) is 0.227. The van der Waals surface area contributed by atoms with E-state index in [0.717, 1.165) is 5.56 Å². The van der Waals surface area contributed by atoms with E-state index in [-0.39, 0.29) is 30.1 Å². The molecule has 3 atom stereocenters. The van der Waals surface area contributed by atoms with Crippen LogP contribution in [0.4, 0.5) is 0 Å². The van der Waals surface area contributed by atoms with Gasteiger partial charge in [0, 0.05) is 18.3 Å². The van der Waals surface area contributed by atoms with Crippen LogP contribution in [0, 0.1) is 11.8 Å². The largest absolute Gasteiger partial charge is 0.337 e. The van der Waals surface area contributed by atoms with Gasteiger partial charge in [-0.25, -0.2) is 4.79 Å². The predicted octanol–water partition coefficient (Wildman–Crippen LogP) is 1.82. The summed E-state index contributed by atoms with van der Waals surface area (Å²) in [5.74, 6) is -1.61. The highest BCUT2D eigenvalue weighted by atomic mass is 16.7. The van der Waals surface area contributed by atoms with Crippen LogP contribution in [0.2, 0.25) is 0 Å². The van der Waals surface area contributed by atoms with Gasteiger partial charge in [-0.1, -0.05) is 44.2 Å². The van der Waals surface area contributed by atoms with E-state index in [1.807, 2.05) is 44.2 Å². The monoisotopic (exact) mass is 287 g/mol. The fourth-order valence-electron chi connectivity index (χ4n) is 3.22. The molecular formula is C16H17NO4. The predicted molar refractivity (Wildman–Crippen MR) is 73.6 cm³/mol. The smallest absolute Gasteiger partial charge is 0.330 e. The molecule has 1 aromatic rings. The Hall–Kier alpha value is -2.17. The molecule has 1 saturated heterocycles. The summed E-state index contributed by atoms with van der Waals surface area (Å²) in [5.41, 5.74) is 0.767. The highest BCUT2D eigenvalue weighted by molar-refractivity contribution is 6.01. The Morgan fingerprint density at radius 1 is 1.19 bits per heavy atom. The minimum Gasteiger partial charge on any atom is -0.330 e. The normalized spacial score (nSPS) is 31.4. The topological polar surface area (TPSA) is 63.7 Å². The zero-order valence-electron chi connectivity index (χ0n) is 12.0. The van der Waals surface area contributed by atoms with Crippen molar-refractivity contribution in [3.8, 4) is 0 Å². The summed E-state index contributed by atoms with van der Waals surface area (Å²) < 4.78 is 0. The first-order chi connectivity index (χ1) is 9.96. The number of hydroxylamine groups is 2. The van der Waals surface area contributed by atoms with E-state index in [0.29, 0.717) is 5.06 Å². The van der Waals surface area contributed by atoms with Crippen LogP contribution in [0.3, 0.4) is 0 Å². The van der Waals surface area contributed by atoms with Gasteiger partial charge < -0.3 is 4.84 Å². The van der Waals surface area contributed by atoms with Crippen LogP contribution < -0.4 is 0 Å². The fourth-order valence-corrected chi connectivity index (χ4v) is 3.22. The molecule has 1 aliphatic carbocycles. The van der Waals surface area contributed by atoms with Crippen molar-refractivity contribution in [3.63, 3.8) is 0 Å². The first-order valence-corrected chi connectivity index (χ1v) is 7.09. The molecule has 1 aliphatic heterocycles. The minimum absolute atomic E-state index is 0.111. The molecule has 2 fully saturated rings. The Morgan fingerprint density at radius 2 is 1.76 bits per heavy atom. The van der Waals surface area contributed by atoms with Crippen molar-refractivity contribution in [2.45, 2.75) is 32.1 Å². The number of hydrogen-bond donors (Lipinski definition) is 0. The van der Waals surface area contributed by atoms with E-state index in [2.05, 4.69) is 0 Å². The zero-order valence-corrected chi connectivity index (χ0v) is 12.0. The average Bonchev–Trinajstić information content (AvgIpc) is 2.91. The Kier molecular flexibility index (Phi) is 3.08. The van der Waals surface area contributed by atoms with Gasteiger partial charge in [0.1, 0.15) is 0 Å². The molecular weight excluding hydrogens is 270 g/mol. The van der Waals surface area contributed by atoms with Crippen molar-refractivity contribution >= 4 is 17.8 Å². The lowest BCUT2D eigenvalue weighted by Gasteiger charge is -2.15. The van der Waals surface area contributed by atoms with Crippen LogP contribution >= 0.6 is 0 Å². The summed E-state index contributed by atoms with van der Waals surface area (Å²) in [7, 11) is 0. The SMILES string of the molecule is C[C@H]1[C@@H](C(=O)ON2C(=O)CCC2=O)[C@]1(C)c1ccccc1. The van der Waals surface area contributed by atoms with E-state index in [1.165, 1.54) is 0 Å². The van der Waals surface area contributed by atoms with Gasteiger partial charge in [-0.05, 0) is 11.5 Å². The third-order valence-corrected chi connectivity index (χ3v) is 4.82. The second-order valence-electron chi connectivity index (χ2n) is 5.91. The number of rotatable bonds is 3. The molecule has 2 aliphatic rings. The molecule has 3 rings (SSSR count). The lowest BCUT2D eigenvalue weighted by atomic mass is 9.94. The van der Waals surface area contributed by atoms with E-state index in [4.69, 9.17) is 4.84 Å². The average molecular weight is 287 g/mol. The highest BCUT2D eigenvalue weighted by Gasteiger charge is 2.64. The van der Waals surface area contributed by atoms with Gasteiger partial charge in [-0.2, -0.15) is 0 Å². The number of carbonyl (C=O) groups excluding carboxylic acids is 3. The zero-order chi connectivity index (χ0) is 15.2. The summed E-state index contributed by atoms with van der Waals surface area (Å²) in [6.45, 7) is 3.99. The van der Waals surface area contributed by atoms with E-state index in [9.17, 15) is 14.4 Å². The van der Waals surface area contributed by atoms with Crippen LogP contribution in [0.5, 0.6) is 0 Å². The van der Waals surface area contributed by atoms with Gasteiger partial charge in [0.15, 0.2) is 0 Å². The number of amides is 2. The fraction of sp³-hybridized carbons (Fsp3) is 0.438. The molecule has 5 heteroatoms. The van der Waals surface area contributed by atoms with Crippen molar-refractivity contribution in [1.29, 1.82) is 0 Å². The molecule has 0 radical (unpaired) electrons. The van der Waals surface area contributed by atoms with Crippen LogP contribution in [0.15, 0.2) is 30.3 Å². The number of imide groups is 1. The molecule has 110 valence electrons. The second-order valence-corrected chi connectivity index (χ2v) is 5.91. The van der Waals surface area contributed by atoms with Crippen LogP contribution in [-0.2, 0) is 24.6 Å². The molecule has 1 saturated carbocycles. The Balaban J connectivity index is 1.75. The van der Waals surface area contributed by atoms with E-state index < -0.39 is 17.8 Å². The van der Waals surface area contributed by atoms with Gasteiger partial charge in [-0.3, -0.25) is 9.59 Å².